The largest absolute Gasteiger partial charge is 0.383 e. The molecule has 0 saturated heterocycles. The van der Waals surface area contributed by atoms with Gasteiger partial charge in [0.25, 0.3) is 0 Å². The topological polar surface area (TPSA) is 36.1 Å². The smallest absolute Gasteiger partial charge is 0.0410 e. The van der Waals surface area contributed by atoms with E-state index in [0.717, 1.165) is 26.2 Å². The molecular formula is C28H45N3Ni. The predicted molar refractivity (Wildman–Crippen MR) is 139 cm³/mol. The van der Waals surface area contributed by atoms with Crippen LogP contribution >= 0.6 is 0 Å². The summed E-state index contributed by atoms with van der Waals surface area (Å²) in [5.41, 5.74) is 8.33. The first-order chi connectivity index (χ1) is 14.7. The quantitative estimate of drug-likeness (QED) is 0.220. The molecule has 3 N–H and O–H groups in total. The summed E-state index contributed by atoms with van der Waals surface area (Å²) in [6.45, 7) is 22.0. The van der Waals surface area contributed by atoms with Gasteiger partial charge in [0, 0.05) is 54.0 Å². The third-order valence-electron chi connectivity index (χ3n) is 5.95. The fourth-order valence-electron chi connectivity index (χ4n) is 4.19. The summed E-state index contributed by atoms with van der Waals surface area (Å²) in [5, 5.41) is 11.0. The molecule has 0 aromatic heterocycles. The zero-order valence-electron chi connectivity index (χ0n) is 21.4. The minimum atomic E-state index is 0. The molecule has 0 aliphatic heterocycles. The molecule has 2 aromatic rings. The Morgan fingerprint density at radius 3 is 1.03 bits per heavy atom. The van der Waals surface area contributed by atoms with Crippen LogP contribution in [0.4, 0.5) is 11.4 Å². The molecule has 0 atom stereocenters. The molecular weight excluding hydrogens is 437 g/mol. The van der Waals surface area contributed by atoms with Gasteiger partial charge in [-0.15, -0.1) is 0 Å². The van der Waals surface area contributed by atoms with Crippen LogP contribution in [0.3, 0.4) is 0 Å². The summed E-state index contributed by atoms with van der Waals surface area (Å²) in [7, 11) is 0. The van der Waals surface area contributed by atoms with E-state index in [1.165, 1.54) is 33.6 Å². The van der Waals surface area contributed by atoms with Crippen LogP contribution in [-0.2, 0) is 16.5 Å². The van der Waals surface area contributed by atoms with Crippen molar-refractivity contribution in [2.24, 2.45) is 0 Å². The Bertz CT molecular complexity index is 692. The molecule has 0 bridgehead atoms. The number of anilines is 2. The molecule has 0 radical (unpaired) electrons. The zero-order valence-corrected chi connectivity index (χ0v) is 22.4. The molecule has 0 aliphatic carbocycles. The Morgan fingerprint density at radius 1 is 0.500 bits per heavy atom. The first-order valence-electron chi connectivity index (χ1n) is 12.2. The van der Waals surface area contributed by atoms with E-state index in [-0.39, 0.29) is 16.5 Å². The van der Waals surface area contributed by atoms with E-state index in [1.54, 1.807) is 0 Å². The van der Waals surface area contributed by atoms with Gasteiger partial charge >= 0.3 is 0 Å². The summed E-state index contributed by atoms with van der Waals surface area (Å²) in [4.78, 5) is 0. The minimum absolute atomic E-state index is 0. The van der Waals surface area contributed by atoms with Gasteiger partial charge in [0.2, 0.25) is 0 Å². The van der Waals surface area contributed by atoms with Crippen LogP contribution in [0, 0.1) is 0 Å². The van der Waals surface area contributed by atoms with Crippen molar-refractivity contribution in [2.45, 2.75) is 79.1 Å². The maximum absolute atomic E-state index is 3.72. The van der Waals surface area contributed by atoms with E-state index < -0.39 is 0 Å². The Hall–Kier alpha value is -1.51. The van der Waals surface area contributed by atoms with Gasteiger partial charge in [0.05, 0.1) is 0 Å². The average molecular weight is 482 g/mol. The fraction of sp³-hybridized carbons (Fsp3) is 0.571. The van der Waals surface area contributed by atoms with Crippen LogP contribution < -0.4 is 16.0 Å². The molecule has 3 nitrogen and oxygen atoms in total. The van der Waals surface area contributed by atoms with E-state index in [4.69, 9.17) is 0 Å². The molecule has 182 valence electrons. The number of rotatable bonds is 12. The Morgan fingerprint density at radius 2 is 0.781 bits per heavy atom. The van der Waals surface area contributed by atoms with Crippen molar-refractivity contribution in [1.29, 1.82) is 0 Å². The molecule has 0 aliphatic rings. The van der Waals surface area contributed by atoms with Crippen LogP contribution in [0.25, 0.3) is 0 Å². The third-order valence-corrected chi connectivity index (χ3v) is 5.95. The molecule has 0 saturated carbocycles. The number of nitrogens with one attached hydrogen (secondary N) is 3. The maximum atomic E-state index is 3.72. The minimum Gasteiger partial charge on any atom is -0.383 e. The van der Waals surface area contributed by atoms with Crippen LogP contribution in [-0.4, -0.2) is 26.2 Å². The first kappa shape index (κ1) is 28.5. The average Bonchev–Trinajstić information content (AvgIpc) is 2.72. The van der Waals surface area contributed by atoms with Crippen molar-refractivity contribution in [1.82, 2.24) is 5.32 Å². The van der Waals surface area contributed by atoms with E-state index >= 15 is 0 Å². The normalized spacial score (nSPS) is 11.4. The molecule has 0 unspecified atom stereocenters. The van der Waals surface area contributed by atoms with Crippen molar-refractivity contribution in [3.63, 3.8) is 0 Å². The van der Waals surface area contributed by atoms with Crippen LogP contribution in [0.1, 0.15) is 101 Å². The van der Waals surface area contributed by atoms with Gasteiger partial charge in [-0.25, -0.2) is 0 Å². The van der Waals surface area contributed by atoms with Crippen molar-refractivity contribution < 1.29 is 16.5 Å². The van der Waals surface area contributed by atoms with E-state index in [9.17, 15) is 0 Å². The van der Waals surface area contributed by atoms with E-state index in [1.807, 2.05) is 0 Å². The Balaban J connectivity index is 0.00000512. The van der Waals surface area contributed by atoms with E-state index in [2.05, 4.69) is 108 Å². The summed E-state index contributed by atoms with van der Waals surface area (Å²) >= 11 is 0. The van der Waals surface area contributed by atoms with Crippen molar-refractivity contribution >= 4 is 11.4 Å². The van der Waals surface area contributed by atoms with E-state index in [0.29, 0.717) is 23.7 Å². The van der Waals surface area contributed by atoms with Crippen molar-refractivity contribution in [2.75, 3.05) is 36.8 Å². The Labute approximate surface area is 207 Å². The molecule has 0 spiro atoms. The summed E-state index contributed by atoms with van der Waals surface area (Å²) < 4.78 is 0. The Kier molecular flexibility index (Phi) is 12.4. The van der Waals surface area contributed by atoms with Gasteiger partial charge in [0.1, 0.15) is 0 Å². The third kappa shape index (κ3) is 7.82. The SMILES string of the molecule is CC(C)c1cccc(C(C)C)c1NCCNCCNc1c(C(C)C)cccc1C(C)C.[Ni]. The predicted octanol–water partition coefficient (Wildman–Crippen LogP) is 7.29. The van der Waals surface area contributed by atoms with Gasteiger partial charge in [0.15, 0.2) is 0 Å². The van der Waals surface area contributed by atoms with Gasteiger partial charge in [-0.2, -0.15) is 0 Å². The number of hydrogen-bond donors (Lipinski definition) is 3. The standard InChI is InChI=1S/C28H45N3.Ni/c1-19(2)23-11-9-12-24(20(3)4)27(23)30-17-15-29-16-18-31-28-25(21(5)6)13-10-14-26(28)22(7)8;/h9-14,19-22,29-31H,15-18H2,1-8H3;. The number of para-hydroxylation sites is 2. The fourth-order valence-corrected chi connectivity index (χ4v) is 4.19. The second kappa shape index (κ2) is 13.9. The molecule has 32 heavy (non-hydrogen) atoms. The van der Waals surface area contributed by atoms with Gasteiger partial charge in [-0.05, 0) is 45.9 Å². The molecule has 0 heterocycles. The zero-order chi connectivity index (χ0) is 23.0. The van der Waals surface area contributed by atoms with Crippen molar-refractivity contribution in [3.8, 4) is 0 Å². The summed E-state index contributed by atoms with van der Waals surface area (Å²) in [6.07, 6.45) is 0. The second-order valence-electron chi connectivity index (χ2n) is 9.85. The van der Waals surface area contributed by atoms with Gasteiger partial charge < -0.3 is 16.0 Å². The van der Waals surface area contributed by atoms with Crippen LogP contribution in [0.5, 0.6) is 0 Å². The van der Waals surface area contributed by atoms with Crippen molar-refractivity contribution in [3.05, 3.63) is 58.7 Å². The number of benzene rings is 2. The molecule has 4 heteroatoms. The maximum Gasteiger partial charge on any atom is 0.0410 e. The van der Waals surface area contributed by atoms with Crippen LogP contribution in [0.15, 0.2) is 36.4 Å². The molecule has 2 rings (SSSR count). The second-order valence-corrected chi connectivity index (χ2v) is 9.85. The molecule has 0 amide bonds. The van der Waals surface area contributed by atoms with Gasteiger partial charge in [-0.3, -0.25) is 0 Å². The van der Waals surface area contributed by atoms with Crippen LogP contribution in [0.2, 0.25) is 0 Å². The van der Waals surface area contributed by atoms with Gasteiger partial charge in [-0.1, -0.05) is 91.8 Å². The first-order valence-corrected chi connectivity index (χ1v) is 12.2. The molecule has 2 aromatic carbocycles. The number of hydrogen-bond acceptors (Lipinski definition) is 3. The monoisotopic (exact) mass is 481 g/mol. The summed E-state index contributed by atoms with van der Waals surface area (Å²) in [6, 6.07) is 13.4. The molecule has 0 fully saturated rings. The summed E-state index contributed by atoms with van der Waals surface area (Å²) in [5.74, 6) is 2.09.